The highest BCUT2D eigenvalue weighted by atomic mass is 19.2. The Morgan fingerprint density at radius 1 is 1.44 bits per heavy atom. The predicted molar refractivity (Wildman–Crippen MR) is 56.5 cm³/mol. The van der Waals surface area contributed by atoms with Gasteiger partial charge in [0.15, 0.2) is 17.4 Å². The molecule has 0 spiro atoms. The first-order valence-electron chi connectivity index (χ1n) is 4.69. The fourth-order valence-corrected chi connectivity index (χ4v) is 1.40. The van der Waals surface area contributed by atoms with Gasteiger partial charge in [-0.2, -0.15) is 0 Å². The summed E-state index contributed by atoms with van der Waals surface area (Å²) in [6.45, 7) is 6.35. The third-order valence-electron chi connectivity index (χ3n) is 2.14. The number of hydrogen-bond acceptors (Lipinski definition) is 2. The molecular formula is C12H12F2O2. The molecule has 0 saturated heterocycles. The Morgan fingerprint density at radius 3 is 2.44 bits per heavy atom. The number of halogens is 2. The average Bonchev–Trinajstić information content (AvgIpc) is 2.17. The highest BCUT2D eigenvalue weighted by Crippen LogP contribution is 2.29. The lowest BCUT2D eigenvalue weighted by molar-refractivity contribution is 0.101. The molecule has 0 aliphatic heterocycles. The second-order valence-electron chi connectivity index (χ2n) is 3.74. The molecule has 0 aliphatic carbocycles. The quantitative estimate of drug-likeness (QED) is 0.635. The van der Waals surface area contributed by atoms with Crippen LogP contribution < -0.4 is 0 Å². The fraction of sp³-hybridized carbons (Fsp3) is 0.250. The number of aromatic hydroxyl groups is 1. The lowest BCUT2D eigenvalue weighted by atomic mass is 10.00. The van der Waals surface area contributed by atoms with Crippen molar-refractivity contribution in [3.05, 3.63) is 41.0 Å². The lowest BCUT2D eigenvalue weighted by Crippen LogP contribution is -2.03. The van der Waals surface area contributed by atoms with E-state index in [2.05, 4.69) is 6.58 Å². The van der Waals surface area contributed by atoms with E-state index in [1.54, 1.807) is 6.92 Å². The van der Waals surface area contributed by atoms with E-state index < -0.39 is 23.2 Å². The molecule has 16 heavy (non-hydrogen) atoms. The molecule has 0 atom stereocenters. The van der Waals surface area contributed by atoms with Gasteiger partial charge in [0.2, 0.25) is 0 Å². The van der Waals surface area contributed by atoms with E-state index in [4.69, 9.17) is 0 Å². The molecule has 0 fully saturated rings. The van der Waals surface area contributed by atoms with Gasteiger partial charge in [0.05, 0.1) is 5.56 Å². The predicted octanol–water partition coefficient (Wildman–Crippen LogP) is 2.99. The molecule has 86 valence electrons. The van der Waals surface area contributed by atoms with Gasteiger partial charge in [0.25, 0.3) is 0 Å². The normalized spacial score (nSPS) is 10.2. The number of allylic oxidation sites excluding steroid dienone is 1. The monoisotopic (exact) mass is 226 g/mol. The summed E-state index contributed by atoms with van der Waals surface area (Å²) >= 11 is 0. The molecule has 1 N–H and O–H groups in total. The Morgan fingerprint density at radius 2 is 2.00 bits per heavy atom. The van der Waals surface area contributed by atoms with Gasteiger partial charge in [0, 0.05) is 5.56 Å². The van der Waals surface area contributed by atoms with Crippen LogP contribution in [0.2, 0.25) is 0 Å². The van der Waals surface area contributed by atoms with E-state index in [0.717, 1.165) is 0 Å². The van der Waals surface area contributed by atoms with Crippen molar-refractivity contribution in [1.82, 2.24) is 0 Å². The summed E-state index contributed by atoms with van der Waals surface area (Å²) in [6, 6.07) is 0.703. The molecule has 0 bridgehead atoms. The Balaban J connectivity index is 3.45. The first-order valence-corrected chi connectivity index (χ1v) is 4.69. The number of hydrogen-bond donors (Lipinski definition) is 1. The maximum absolute atomic E-state index is 13.4. The summed E-state index contributed by atoms with van der Waals surface area (Å²) in [7, 11) is 0. The number of benzene rings is 1. The second-order valence-corrected chi connectivity index (χ2v) is 3.74. The molecule has 0 amide bonds. The number of rotatable bonds is 3. The van der Waals surface area contributed by atoms with E-state index in [-0.39, 0.29) is 17.5 Å². The smallest absolute Gasteiger partial charge is 0.166 e. The van der Waals surface area contributed by atoms with Crippen LogP contribution in [0.15, 0.2) is 18.2 Å². The number of phenolic OH excluding ortho intramolecular Hbond substituents is 1. The van der Waals surface area contributed by atoms with E-state index in [1.165, 1.54) is 6.92 Å². The van der Waals surface area contributed by atoms with Crippen LogP contribution in [0.1, 0.15) is 29.8 Å². The molecule has 4 heteroatoms. The number of ketones is 1. The van der Waals surface area contributed by atoms with Crippen LogP contribution in [0.3, 0.4) is 0 Å². The SMILES string of the molecule is C=C(C)Cc1c(O)c(C(C)=O)cc(F)c1F. The summed E-state index contributed by atoms with van der Waals surface area (Å²) < 4.78 is 26.5. The molecule has 0 saturated carbocycles. The minimum atomic E-state index is -1.14. The van der Waals surface area contributed by atoms with Crippen LogP contribution in [0.4, 0.5) is 8.78 Å². The Bertz CT molecular complexity index is 465. The van der Waals surface area contributed by atoms with Crippen molar-refractivity contribution in [2.75, 3.05) is 0 Å². The van der Waals surface area contributed by atoms with Crippen LogP contribution in [0.25, 0.3) is 0 Å². The first-order chi connectivity index (χ1) is 7.34. The Hall–Kier alpha value is -1.71. The molecular weight excluding hydrogens is 214 g/mol. The molecule has 1 aromatic rings. The standard InChI is InChI=1S/C12H12F2O2/c1-6(2)4-9-11(14)10(13)5-8(7(3)15)12(9)16/h5,16H,1,4H2,2-3H3. The van der Waals surface area contributed by atoms with Crippen molar-refractivity contribution in [1.29, 1.82) is 0 Å². The Labute approximate surface area is 92.2 Å². The minimum absolute atomic E-state index is 0.00426. The summed E-state index contributed by atoms with van der Waals surface area (Å²) in [6.07, 6.45) is -0.00426. The molecule has 0 radical (unpaired) electrons. The zero-order valence-electron chi connectivity index (χ0n) is 9.10. The zero-order valence-corrected chi connectivity index (χ0v) is 9.10. The van der Waals surface area contributed by atoms with Crippen molar-refractivity contribution in [2.24, 2.45) is 0 Å². The van der Waals surface area contributed by atoms with E-state index in [9.17, 15) is 18.7 Å². The minimum Gasteiger partial charge on any atom is -0.507 e. The second kappa shape index (κ2) is 4.43. The largest absolute Gasteiger partial charge is 0.507 e. The fourth-order valence-electron chi connectivity index (χ4n) is 1.40. The molecule has 0 heterocycles. The average molecular weight is 226 g/mol. The highest BCUT2D eigenvalue weighted by Gasteiger charge is 2.19. The van der Waals surface area contributed by atoms with Gasteiger partial charge in [-0.15, -0.1) is 0 Å². The van der Waals surface area contributed by atoms with Gasteiger partial charge in [-0.05, 0) is 26.3 Å². The number of Topliss-reactive ketones (excluding diaryl/α,β-unsaturated/α-hetero) is 1. The van der Waals surface area contributed by atoms with Gasteiger partial charge in [-0.25, -0.2) is 8.78 Å². The molecule has 0 aromatic heterocycles. The van der Waals surface area contributed by atoms with Gasteiger partial charge in [-0.3, -0.25) is 4.79 Å². The summed E-state index contributed by atoms with van der Waals surface area (Å²) in [5.74, 6) is -3.29. The summed E-state index contributed by atoms with van der Waals surface area (Å²) in [5, 5.41) is 9.64. The molecule has 1 aromatic carbocycles. The number of phenols is 1. The topological polar surface area (TPSA) is 37.3 Å². The van der Waals surface area contributed by atoms with Crippen molar-refractivity contribution in [2.45, 2.75) is 20.3 Å². The lowest BCUT2D eigenvalue weighted by Gasteiger charge is -2.10. The molecule has 0 unspecified atom stereocenters. The van der Waals surface area contributed by atoms with Gasteiger partial charge < -0.3 is 5.11 Å². The van der Waals surface area contributed by atoms with E-state index >= 15 is 0 Å². The Kier molecular flexibility index (Phi) is 3.42. The van der Waals surface area contributed by atoms with E-state index in [0.29, 0.717) is 11.6 Å². The third kappa shape index (κ3) is 2.27. The summed E-state index contributed by atoms with van der Waals surface area (Å²) in [5.41, 5.74) is 0.127. The van der Waals surface area contributed by atoms with Crippen molar-refractivity contribution in [3.63, 3.8) is 0 Å². The number of carbonyl (C=O) groups excluding carboxylic acids is 1. The van der Waals surface area contributed by atoms with Gasteiger partial charge in [0.1, 0.15) is 5.75 Å². The van der Waals surface area contributed by atoms with Crippen LogP contribution in [0, 0.1) is 11.6 Å². The van der Waals surface area contributed by atoms with Crippen LogP contribution in [-0.2, 0) is 6.42 Å². The molecule has 2 nitrogen and oxygen atoms in total. The number of carbonyl (C=O) groups is 1. The first kappa shape index (κ1) is 12.4. The molecule has 1 rings (SSSR count). The van der Waals surface area contributed by atoms with Crippen LogP contribution >= 0.6 is 0 Å². The van der Waals surface area contributed by atoms with Crippen LogP contribution in [0.5, 0.6) is 5.75 Å². The third-order valence-corrected chi connectivity index (χ3v) is 2.14. The van der Waals surface area contributed by atoms with Gasteiger partial charge >= 0.3 is 0 Å². The van der Waals surface area contributed by atoms with Crippen LogP contribution in [-0.4, -0.2) is 10.9 Å². The maximum atomic E-state index is 13.4. The van der Waals surface area contributed by atoms with Crippen molar-refractivity contribution in [3.8, 4) is 5.75 Å². The maximum Gasteiger partial charge on any atom is 0.166 e. The van der Waals surface area contributed by atoms with Crippen molar-refractivity contribution < 1.29 is 18.7 Å². The van der Waals surface area contributed by atoms with E-state index in [1.807, 2.05) is 0 Å². The van der Waals surface area contributed by atoms with Crippen molar-refractivity contribution >= 4 is 5.78 Å². The zero-order chi connectivity index (χ0) is 12.5. The highest BCUT2D eigenvalue weighted by molar-refractivity contribution is 5.97. The molecule has 0 aliphatic rings. The van der Waals surface area contributed by atoms with Gasteiger partial charge in [-0.1, -0.05) is 12.2 Å². The summed E-state index contributed by atoms with van der Waals surface area (Å²) in [4.78, 5) is 11.1.